The molecule has 1 amide bonds. The zero-order chi connectivity index (χ0) is 17.6. The average molecular weight is 345 g/mol. The van der Waals surface area contributed by atoms with Gasteiger partial charge in [0, 0.05) is 12.1 Å². The molecule has 24 heavy (non-hydrogen) atoms. The summed E-state index contributed by atoms with van der Waals surface area (Å²) in [7, 11) is -3.44. The molecule has 0 aliphatic carbocycles. The first-order valence-corrected chi connectivity index (χ1v) is 9.74. The summed E-state index contributed by atoms with van der Waals surface area (Å²) in [5.74, 6) is -0.496. The van der Waals surface area contributed by atoms with E-state index in [1.807, 2.05) is 31.2 Å². The van der Waals surface area contributed by atoms with Crippen molar-refractivity contribution in [3.05, 3.63) is 59.7 Å². The third-order valence-corrected chi connectivity index (χ3v) is 5.49. The van der Waals surface area contributed by atoms with Gasteiger partial charge in [-0.1, -0.05) is 43.2 Å². The highest BCUT2D eigenvalue weighted by atomic mass is 32.2. The van der Waals surface area contributed by atoms with Gasteiger partial charge in [0.2, 0.25) is 5.91 Å². The normalized spacial score (nSPS) is 11.2. The molecule has 0 aliphatic rings. The molecule has 5 heteroatoms. The smallest absolute Gasteiger partial charge is 0.225 e. The van der Waals surface area contributed by atoms with E-state index < -0.39 is 9.84 Å². The predicted octanol–water partition coefficient (Wildman–Crippen LogP) is 3.75. The second-order valence-electron chi connectivity index (χ2n) is 5.88. The minimum atomic E-state index is -3.44. The van der Waals surface area contributed by atoms with Gasteiger partial charge in [-0.3, -0.25) is 4.79 Å². The first kappa shape index (κ1) is 18.2. The molecular formula is C19H23NO3S. The Hall–Kier alpha value is -2.14. The zero-order valence-electron chi connectivity index (χ0n) is 14.1. The van der Waals surface area contributed by atoms with Crippen LogP contribution < -0.4 is 5.32 Å². The maximum Gasteiger partial charge on any atom is 0.225 e. The number of amides is 1. The lowest BCUT2D eigenvalue weighted by Crippen LogP contribution is -2.17. The Morgan fingerprint density at radius 3 is 2.21 bits per heavy atom. The second kappa shape index (κ2) is 8.11. The second-order valence-corrected chi connectivity index (χ2v) is 7.99. The summed E-state index contributed by atoms with van der Waals surface area (Å²) in [5.41, 5.74) is 2.91. The molecule has 0 radical (unpaired) electrons. The highest BCUT2D eigenvalue weighted by molar-refractivity contribution is 7.91. The number of aryl methyl sites for hydroxylation is 2. The Bertz CT molecular complexity index is 778. The van der Waals surface area contributed by atoms with E-state index >= 15 is 0 Å². The van der Waals surface area contributed by atoms with Crippen LogP contribution >= 0.6 is 0 Å². The molecule has 2 aromatic carbocycles. The first-order chi connectivity index (χ1) is 11.4. The molecule has 2 rings (SSSR count). The molecule has 0 atom stereocenters. The summed E-state index contributed by atoms with van der Waals surface area (Å²) < 4.78 is 24.5. The third-order valence-electron chi connectivity index (χ3n) is 3.75. The third kappa shape index (κ3) is 5.20. The lowest BCUT2D eigenvalue weighted by molar-refractivity contribution is -0.115. The average Bonchev–Trinajstić information content (AvgIpc) is 2.56. The van der Waals surface area contributed by atoms with E-state index in [1.165, 1.54) is 5.56 Å². The Kier molecular flexibility index (Phi) is 6.15. The molecule has 0 aromatic heterocycles. The maximum absolute atomic E-state index is 12.2. The summed E-state index contributed by atoms with van der Waals surface area (Å²) >= 11 is 0. The van der Waals surface area contributed by atoms with E-state index in [1.54, 1.807) is 24.3 Å². The van der Waals surface area contributed by atoms with Gasteiger partial charge >= 0.3 is 0 Å². The van der Waals surface area contributed by atoms with Crippen molar-refractivity contribution >= 4 is 21.4 Å². The fraction of sp³-hybridized carbons (Fsp3) is 0.316. The van der Waals surface area contributed by atoms with Gasteiger partial charge in [-0.05, 0) is 43.2 Å². The van der Waals surface area contributed by atoms with Crippen LogP contribution in [-0.2, 0) is 21.1 Å². The van der Waals surface area contributed by atoms with Crippen LogP contribution in [0.5, 0.6) is 0 Å². The molecular weight excluding hydrogens is 322 g/mol. The van der Waals surface area contributed by atoms with Gasteiger partial charge in [0.25, 0.3) is 0 Å². The van der Waals surface area contributed by atoms with Crippen molar-refractivity contribution in [3.8, 4) is 0 Å². The van der Waals surface area contributed by atoms with Crippen molar-refractivity contribution in [2.24, 2.45) is 0 Å². The van der Waals surface area contributed by atoms with Gasteiger partial charge in [-0.25, -0.2) is 8.42 Å². The summed E-state index contributed by atoms with van der Waals surface area (Å²) in [5, 5.41) is 2.74. The molecule has 1 N–H and O–H groups in total. The van der Waals surface area contributed by atoms with Crippen LogP contribution in [0.2, 0.25) is 0 Å². The minimum Gasteiger partial charge on any atom is -0.326 e. The van der Waals surface area contributed by atoms with Crippen molar-refractivity contribution in [3.63, 3.8) is 0 Å². The van der Waals surface area contributed by atoms with E-state index in [9.17, 15) is 13.2 Å². The van der Waals surface area contributed by atoms with Crippen LogP contribution in [0, 0.1) is 6.92 Å². The number of rotatable bonds is 7. The number of sulfone groups is 1. The fourth-order valence-corrected chi connectivity index (χ4v) is 3.60. The number of nitrogens with one attached hydrogen (secondary N) is 1. The first-order valence-electron chi connectivity index (χ1n) is 8.09. The van der Waals surface area contributed by atoms with E-state index in [0.29, 0.717) is 5.69 Å². The van der Waals surface area contributed by atoms with Gasteiger partial charge in [-0.2, -0.15) is 0 Å². The summed E-state index contributed by atoms with van der Waals surface area (Å²) in [6, 6.07) is 14.3. The van der Waals surface area contributed by atoms with Crippen molar-refractivity contribution in [1.82, 2.24) is 0 Å². The van der Waals surface area contributed by atoms with Crippen LogP contribution in [0.1, 0.15) is 30.9 Å². The van der Waals surface area contributed by atoms with Crippen molar-refractivity contribution in [2.45, 2.75) is 38.0 Å². The molecule has 128 valence electrons. The topological polar surface area (TPSA) is 63.2 Å². The zero-order valence-corrected chi connectivity index (χ0v) is 14.9. The van der Waals surface area contributed by atoms with E-state index in [2.05, 4.69) is 12.2 Å². The summed E-state index contributed by atoms with van der Waals surface area (Å²) in [6.45, 7) is 4.01. The lowest BCUT2D eigenvalue weighted by Gasteiger charge is -2.07. The summed E-state index contributed by atoms with van der Waals surface area (Å²) in [6.07, 6.45) is 2.01. The Balaban J connectivity index is 1.91. The Labute approximate surface area is 143 Å². The maximum atomic E-state index is 12.2. The van der Waals surface area contributed by atoms with Crippen LogP contribution in [0.4, 0.5) is 5.69 Å². The van der Waals surface area contributed by atoms with E-state index in [-0.39, 0.29) is 23.0 Å². The van der Waals surface area contributed by atoms with Gasteiger partial charge in [0.1, 0.15) is 0 Å². The number of hydrogen-bond donors (Lipinski definition) is 1. The molecule has 4 nitrogen and oxygen atoms in total. The van der Waals surface area contributed by atoms with Crippen LogP contribution in [0.25, 0.3) is 0 Å². The highest BCUT2D eigenvalue weighted by Gasteiger charge is 2.16. The fourth-order valence-electron chi connectivity index (χ4n) is 2.36. The minimum absolute atomic E-state index is 0.0626. The van der Waals surface area contributed by atoms with Gasteiger partial charge in [0.15, 0.2) is 9.84 Å². The Morgan fingerprint density at radius 2 is 1.62 bits per heavy atom. The molecule has 0 bridgehead atoms. The molecule has 0 saturated carbocycles. The molecule has 0 unspecified atom stereocenters. The lowest BCUT2D eigenvalue weighted by atomic mass is 10.1. The molecule has 0 aliphatic heterocycles. The van der Waals surface area contributed by atoms with E-state index in [0.717, 1.165) is 18.4 Å². The predicted molar refractivity (Wildman–Crippen MR) is 96.9 cm³/mol. The summed E-state index contributed by atoms with van der Waals surface area (Å²) in [4.78, 5) is 12.2. The highest BCUT2D eigenvalue weighted by Crippen LogP contribution is 2.14. The van der Waals surface area contributed by atoms with Crippen molar-refractivity contribution < 1.29 is 13.2 Å². The van der Waals surface area contributed by atoms with Gasteiger partial charge < -0.3 is 5.32 Å². The number of anilines is 1. The van der Waals surface area contributed by atoms with Gasteiger partial charge in [0.05, 0.1) is 10.6 Å². The largest absolute Gasteiger partial charge is 0.326 e. The monoisotopic (exact) mass is 345 g/mol. The van der Waals surface area contributed by atoms with Gasteiger partial charge in [-0.15, -0.1) is 0 Å². The van der Waals surface area contributed by atoms with Crippen LogP contribution in [0.15, 0.2) is 53.4 Å². The number of carbonyl (C=O) groups excluding carboxylic acids is 1. The molecule has 2 aromatic rings. The Morgan fingerprint density at radius 1 is 1.00 bits per heavy atom. The van der Waals surface area contributed by atoms with Crippen LogP contribution in [-0.4, -0.2) is 20.1 Å². The number of benzene rings is 2. The molecule has 0 fully saturated rings. The molecule has 0 spiro atoms. The van der Waals surface area contributed by atoms with E-state index in [4.69, 9.17) is 0 Å². The van der Waals surface area contributed by atoms with Crippen molar-refractivity contribution in [2.75, 3.05) is 11.1 Å². The number of carbonyl (C=O) groups is 1. The quantitative estimate of drug-likeness (QED) is 0.831. The molecule has 0 heterocycles. The SMILES string of the molecule is CCCc1ccc(NC(=O)CCS(=O)(=O)c2ccc(C)cc2)cc1. The molecule has 0 saturated heterocycles. The van der Waals surface area contributed by atoms with Crippen LogP contribution in [0.3, 0.4) is 0 Å². The number of hydrogen-bond acceptors (Lipinski definition) is 3. The van der Waals surface area contributed by atoms with Crippen molar-refractivity contribution in [1.29, 1.82) is 0 Å². The standard InChI is InChI=1S/C19H23NO3S/c1-3-4-16-7-9-17(10-8-16)20-19(21)13-14-24(22,23)18-11-5-15(2)6-12-18/h5-12H,3-4,13-14H2,1-2H3,(H,20,21).